The Morgan fingerprint density at radius 3 is 2.65 bits per heavy atom. The van der Waals surface area contributed by atoms with Crippen molar-refractivity contribution in [1.29, 1.82) is 5.26 Å². The molecule has 17 heavy (non-hydrogen) atoms. The zero-order valence-corrected chi connectivity index (χ0v) is 10.5. The van der Waals surface area contributed by atoms with E-state index in [9.17, 15) is 15.0 Å². The van der Waals surface area contributed by atoms with Crippen molar-refractivity contribution >= 4 is 21.9 Å². The van der Waals surface area contributed by atoms with Gasteiger partial charge in [-0.05, 0) is 17.7 Å². The van der Waals surface area contributed by atoms with Gasteiger partial charge in [0.05, 0.1) is 18.7 Å². The van der Waals surface area contributed by atoms with Gasteiger partial charge in [0, 0.05) is 4.47 Å². The maximum atomic E-state index is 11.2. The van der Waals surface area contributed by atoms with Gasteiger partial charge in [-0.25, -0.2) is 4.79 Å². The first-order valence-electron chi connectivity index (χ1n) is 4.64. The standard InChI is InChI=1S/C11H10BrNO4/c1-17-11(16)6-2-3-7(8(12)4-6)10(15)9(14)5-13/h2-4,9-10,14-15H,1H3. The minimum atomic E-state index is -1.52. The van der Waals surface area contributed by atoms with Crippen molar-refractivity contribution in [2.45, 2.75) is 12.2 Å². The molecule has 0 bridgehead atoms. The van der Waals surface area contributed by atoms with Crippen LogP contribution in [0.15, 0.2) is 22.7 Å². The molecule has 0 saturated heterocycles. The molecule has 2 N–H and O–H groups in total. The van der Waals surface area contributed by atoms with Crippen LogP contribution in [0.25, 0.3) is 0 Å². The van der Waals surface area contributed by atoms with Gasteiger partial charge in [0.2, 0.25) is 0 Å². The van der Waals surface area contributed by atoms with Gasteiger partial charge in [-0.3, -0.25) is 0 Å². The highest BCUT2D eigenvalue weighted by Crippen LogP contribution is 2.27. The number of carbonyl (C=O) groups is 1. The third kappa shape index (κ3) is 3.03. The van der Waals surface area contributed by atoms with Crippen LogP contribution < -0.4 is 0 Å². The number of aliphatic hydroxyl groups is 2. The fourth-order valence-corrected chi connectivity index (χ4v) is 1.87. The van der Waals surface area contributed by atoms with Crippen molar-refractivity contribution in [3.8, 4) is 6.07 Å². The molecule has 0 spiro atoms. The highest BCUT2D eigenvalue weighted by Gasteiger charge is 2.21. The Labute approximate surface area is 106 Å². The molecule has 90 valence electrons. The van der Waals surface area contributed by atoms with Crippen LogP contribution in [0.2, 0.25) is 0 Å². The third-order valence-electron chi connectivity index (χ3n) is 2.17. The average Bonchev–Trinajstić information content (AvgIpc) is 2.35. The minimum Gasteiger partial charge on any atom is -0.465 e. The van der Waals surface area contributed by atoms with Crippen molar-refractivity contribution < 1.29 is 19.7 Å². The van der Waals surface area contributed by atoms with E-state index in [0.717, 1.165) is 0 Å². The zero-order valence-electron chi connectivity index (χ0n) is 8.92. The predicted octanol–water partition coefficient (Wildman–Crippen LogP) is 1.15. The molecule has 0 heterocycles. The number of nitriles is 1. The lowest BCUT2D eigenvalue weighted by Crippen LogP contribution is -2.16. The van der Waals surface area contributed by atoms with E-state index < -0.39 is 18.2 Å². The van der Waals surface area contributed by atoms with Crippen LogP contribution in [0.1, 0.15) is 22.0 Å². The van der Waals surface area contributed by atoms with Crippen molar-refractivity contribution in [1.82, 2.24) is 0 Å². The second-order valence-electron chi connectivity index (χ2n) is 3.25. The Morgan fingerprint density at radius 2 is 2.18 bits per heavy atom. The van der Waals surface area contributed by atoms with Gasteiger partial charge >= 0.3 is 5.97 Å². The summed E-state index contributed by atoms with van der Waals surface area (Å²) in [6.07, 6.45) is -2.85. The first-order valence-corrected chi connectivity index (χ1v) is 5.44. The third-order valence-corrected chi connectivity index (χ3v) is 2.86. The largest absolute Gasteiger partial charge is 0.465 e. The SMILES string of the molecule is COC(=O)c1ccc(C(O)C(O)C#N)c(Br)c1. The van der Waals surface area contributed by atoms with Crippen LogP contribution in [0.3, 0.4) is 0 Å². The Balaban J connectivity index is 3.06. The zero-order chi connectivity index (χ0) is 13.0. The van der Waals surface area contributed by atoms with Gasteiger partial charge in [-0.2, -0.15) is 5.26 Å². The van der Waals surface area contributed by atoms with E-state index in [0.29, 0.717) is 15.6 Å². The molecule has 5 nitrogen and oxygen atoms in total. The first kappa shape index (κ1) is 13.6. The molecule has 0 aliphatic heterocycles. The highest BCUT2D eigenvalue weighted by atomic mass is 79.9. The van der Waals surface area contributed by atoms with Gasteiger partial charge in [-0.15, -0.1) is 0 Å². The summed E-state index contributed by atoms with van der Waals surface area (Å²) in [7, 11) is 1.26. The van der Waals surface area contributed by atoms with E-state index in [1.165, 1.54) is 31.4 Å². The number of halogens is 1. The molecule has 0 radical (unpaired) electrons. The molecule has 1 aromatic carbocycles. The minimum absolute atomic E-state index is 0.307. The van der Waals surface area contributed by atoms with Crippen molar-refractivity contribution in [2.24, 2.45) is 0 Å². The summed E-state index contributed by atoms with van der Waals surface area (Å²) in [6.45, 7) is 0. The molecule has 0 aliphatic rings. The molecule has 6 heteroatoms. The number of hydrogen-bond acceptors (Lipinski definition) is 5. The van der Waals surface area contributed by atoms with Crippen LogP contribution in [0, 0.1) is 11.3 Å². The smallest absolute Gasteiger partial charge is 0.337 e. The topological polar surface area (TPSA) is 90.6 Å². The van der Waals surface area contributed by atoms with Crippen LogP contribution in [0.4, 0.5) is 0 Å². The lowest BCUT2D eigenvalue weighted by Gasteiger charge is -2.14. The number of ether oxygens (including phenoxy) is 1. The molecule has 0 amide bonds. The monoisotopic (exact) mass is 299 g/mol. The van der Waals surface area contributed by atoms with Gasteiger partial charge in [0.15, 0.2) is 6.10 Å². The summed E-state index contributed by atoms with van der Waals surface area (Å²) in [5.41, 5.74) is 0.633. The number of aliphatic hydroxyl groups excluding tert-OH is 2. The summed E-state index contributed by atoms with van der Waals surface area (Å²) in [4.78, 5) is 11.2. The molecule has 0 aliphatic carbocycles. The quantitative estimate of drug-likeness (QED) is 0.645. The van der Waals surface area contributed by atoms with Crippen LogP contribution >= 0.6 is 15.9 Å². The van der Waals surface area contributed by atoms with Crippen LogP contribution in [-0.4, -0.2) is 29.4 Å². The first-order chi connectivity index (χ1) is 8.01. The Morgan fingerprint density at radius 1 is 1.53 bits per heavy atom. The molecule has 0 fully saturated rings. The van der Waals surface area contributed by atoms with Crippen molar-refractivity contribution in [2.75, 3.05) is 7.11 Å². The summed E-state index contributed by atoms with van der Waals surface area (Å²) in [5, 5.41) is 27.3. The lowest BCUT2D eigenvalue weighted by atomic mass is 10.0. The van der Waals surface area contributed by atoms with Crippen LogP contribution in [0.5, 0.6) is 0 Å². The summed E-state index contributed by atoms with van der Waals surface area (Å²) >= 11 is 3.15. The number of esters is 1. The number of carbonyl (C=O) groups excluding carboxylic acids is 1. The number of methoxy groups -OCH3 is 1. The predicted molar refractivity (Wildman–Crippen MR) is 62.1 cm³/mol. The van der Waals surface area contributed by atoms with E-state index in [1.54, 1.807) is 0 Å². The van der Waals surface area contributed by atoms with E-state index in [2.05, 4.69) is 20.7 Å². The Bertz CT molecular complexity index is 469. The molecule has 2 unspecified atom stereocenters. The maximum absolute atomic E-state index is 11.2. The second-order valence-corrected chi connectivity index (χ2v) is 4.10. The van der Waals surface area contributed by atoms with E-state index in [4.69, 9.17) is 5.26 Å². The summed E-state index contributed by atoms with van der Waals surface area (Å²) in [5.74, 6) is -0.507. The fourth-order valence-electron chi connectivity index (χ4n) is 1.25. The van der Waals surface area contributed by atoms with Gasteiger partial charge in [-0.1, -0.05) is 22.0 Å². The van der Waals surface area contributed by atoms with E-state index in [1.807, 2.05) is 0 Å². The summed E-state index contributed by atoms with van der Waals surface area (Å²) < 4.78 is 4.95. The Hall–Kier alpha value is -1.42. The molecule has 2 atom stereocenters. The molecular weight excluding hydrogens is 290 g/mol. The number of rotatable bonds is 3. The number of hydrogen-bond donors (Lipinski definition) is 2. The highest BCUT2D eigenvalue weighted by molar-refractivity contribution is 9.10. The molecule has 1 rings (SSSR count). The fraction of sp³-hybridized carbons (Fsp3) is 0.273. The Kier molecular flexibility index (Phi) is 4.63. The second kappa shape index (κ2) is 5.77. The lowest BCUT2D eigenvalue weighted by molar-refractivity contribution is 0.0521. The molecule has 0 aromatic heterocycles. The van der Waals surface area contributed by atoms with Crippen LogP contribution in [-0.2, 0) is 4.74 Å². The molecule has 1 aromatic rings. The molecular formula is C11H10BrNO4. The van der Waals surface area contributed by atoms with Crippen molar-refractivity contribution in [3.05, 3.63) is 33.8 Å². The normalized spacial score (nSPS) is 13.6. The molecule has 0 saturated carbocycles. The summed E-state index contributed by atoms with van der Waals surface area (Å²) in [6, 6.07) is 5.87. The van der Waals surface area contributed by atoms with Crippen molar-refractivity contribution in [3.63, 3.8) is 0 Å². The van der Waals surface area contributed by atoms with E-state index in [-0.39, 0.29) is 0 Å². The van der Waals surface area contributed by atoms with Gasteiger partial charge < -0.3 is 14.9 Å². The van der Waals surface area contributed by atoms with Gasteiger partial charge in [0.25, 0.3) is 0 Å². The number of nitrogens with zero attached hydrogens (tertiary/aromatic N) is 1. The van der Waals surface area contributed by atoms with E-state index >= 15 is 0 Å². The average molecular weight is 300 g/mol. The number of benzene rings is 1. The maximum Gasteiger partial charge on any atom is 0.337 e. The van der Waals surface area contributed by atoms with Gasteiger partial charge in [0.1, 0.15) is 6.10 Å².